The summed E-state index contributed by atoms with van der Waals surface area (Å²) in [6, 6.07) is 6.97. The number of nitrogens with one attached hydrogen (secondary N) is 1. The maximum Gasteiger partial charge on any atom is 0.329 e. The molecule has 8 heteroatoms. The third-order valence-corrected chi connectivity index (χ3v) is 3.71. The molecule has 2 aromatic rings. The molecule has 2 N–H and O–H groups in total. The predicted molar refractivity (Wildman–Crippen MR) is 80.2 cm³/mol. The van der Waals surface area contributed by atoms with Crippen LogP contribution in [0.3, 0.4) is 0 Å². The summed E-state index contributed by atoms with van der Waals surface area (Å²) in [6.45, 7) is 3.11. The van der Waals surface area contributed by atoms with E-state index in [2.05, 4.69) is 15.6 Å². The van der Waals surface area contributed by atoms with Crippen LogP contribution in [0.4, 0.5) is 0 Å². The van der Waals surface area contributed by atoms with E-state index in [4.69, 9.17) is 11.6 Å². The van der Waals surface area contributed by atoms with Crippen LogP contribution < -0.4 is 5.32 Å². The number of aromatic nitrogens is 3. The minimum Gasteiger partial charge on any atom is -0.480 e. The van der Waals surface area contributed by atoms with E-state index in [1.807, 2.05) is 0 Å². The number of para-hydroxylation sites is 1. The summed E-state index contributed by atoms with van der Waals surface area (Å²) in [4.78, 5) is 23.3. The van der Waals surface area contributed by atoms with Gasteiger partial charge in [0.2, 0.25) is 0 Å². The molecule has 1 aromatic carbocycles. The van der Waals surface area contributed by atoms with Crippen molar-refractivity contribution in [2.24, 2.45) is 0 Å². The van der Waals surface area contributed by atoms with Crippen LogP contribution in [0.1, 0.15) is 30.8 Å². The van der Waals surface area contributed by atoms with E-state index < -0.39 is 17.4 Å². The van der Waals surface area contributed by atoms with Gasteiger partial charge in [-0.25, -0.2) is 9.48 Å². The highest BCUT2D eigenvalue weighted by Gasteiger charge is 2.33. The average molecular weight is 323 g/mol. The lowest BCUT2D eigenvalue weighted by molar-refractivity contribution is -0.143. The van der Waals surface area contributed by atoms with E-state index in [-0.39, 0.29) is 12.1 Å². The van der Waals surface area contributed by atoms with Gasteiger partial charge in [-0.3, -0.25) is 4.79 Å². The van der Waals surface area contributed by atoms with Crippen molar-refractivity contribution in [2.45, 2.75) is 25.8 Å². The Hall–Kier alpha value is -2.41. The minimum absolute atomic E-state index is 0.0147. The molecule has 7 nitrogen and oxygen atoms in total. The Bertz CT molecular complexity index is 716. The number of hydrogen-bond donors (Lipinski definition) is 2. The average Bonchev–Trinajstić information content (AvgIpc) is 2.97. The van der Waals surface area contributed by atoms with E-state index in [0.29, 0.717) is 10.7 Å². The van der Waals surface area contributed by atoms with Gasteiger partial charge in [0.1, 0.15) is 5.54 Å². The number of carbonyl (C=O) groups is 2. The minimum atomic E-state index is -1.36. The molecule has 0 aliphatic carbocycles. The van der Waals surface area contributed by atoms with Gasteiger partial charge in [-0.05, 0) is 25.5 Å². The Kier molecular flexibility index (Phi) is 4.46. The lowest BCUT2D eigenvalue weighted by atomic mass is 9.99. The Morgan fingerprint density at radius 3 is 2.68 bits per heavy atom. The zero-order valence-corrected chi connectivity index (χ0v) is 12.8. The first-order valence-electron chi connectivity index (χ1n) is 6.60. The standard InChI is InChI=1S/C14H15ClN4O3/c1-3-14(2,13(21)22)16-12(20)10-8-19(18-17-10)11-7-5-4-6-9(11)15/h4-8H,3H2,1-2H3,(H,16,20)(H,21,22). The van der Waals surface area contributed by atoms with Gasteiger partial charge in [-0.1, -0.05) is 35.9 Å². The number of halogens is 1. The van der Waals surface area contributed by atoms with Gasteiger partial charge in [0.25, 0.3) is 5.91 Å². The van der Waals surface area contributed by atoms with Crippen molar-refractivity contribution in [1.82, 2.24) is 20.3 Å². The molecule has 0 aliphatic heterocycles. The Morgan fingerprint density at radius 2 is 2.09 bits per heavy atom. The summed E-state index contributed by atoms with van der Waals surface area (Å²) in [5.41, 5.74) is -0.765. The van der Waals surface area contributed by atoms with Crippen LogP contribution in [-0.2, 0) is 4.79 Å². The van der Waals surface area contributed by atoms with Gasteiger partial charge in [0.15, 0.2) is 5.69 Å². The molecule has 116 valence electrons. The zero-order chi connectivity index (χ0) is 16.3. The Labute approximate surface area is 131 Å². The fraction of sp³-hybridized carbons (Fsp3) is 0.286. The number of hydrogen-bond acceptors (Lipinski definition) is 4. The molecule has 0 saturated carbocycles. The quantitative estimate of drug-likeness (QED) is 0.876. The van der Waals surface area contributed by atoms with E-state index in [1.165, 1.54) is 17.8 Å². The molecule has 22 heavy (non-hydrogen) atoms. The highest BCUT2D eigenvalue weighted by atomic mass is 35.5. The molecule has 0 radical (unpaired) electrons. The highest BCUT2D eigenvalue weighted by molar-refractivity contribution is 6.32. The van der Waals surface area contributed by atoms with Gasteiger partial charge in [0.05, 0.1) is 16.9 Å². The second-order valence-electron chi connectivity index (χ2n) is 4.94. The van der Waals surface area contributed by atoms with Crippen LogP contribution in [0.15, 0.2) is 30.5 Å². The van der Waals surface area contributed by atoms with Gasteiger partial charge >= 0.3 is 5.97 Å². The van der Waals surface area contributed by atoms with Crippen molar-refractivity contribution in [3.05, 3.63) is 41.2 Å². The number of carboxylic acids is 1. The molecule has 1 atom stereocenters. The van der Waals surface area contributed by atoms with Gasteiger partial charge < -0.3 is 10.4 Å². The van der Waals surface area contributed by atoms with Crippen LogP contribution in [0.25, 0.3) is 5.69 Å². The normalized spacial score (nSPS) is 13.4. The lowest BCUT2D eigenvalue weighted by Gasteiger charge is -2.23. The van der Waals surface area contributed by atoms with Gasteiger partial charge in [-0.2, -0.15) is 0 Å². The molecule has 0 fully saturated rings. The zero-order valence-electron chi connectivity index (χ0n) is 12.1. The van der Waals surface area contributed by atoms with Crippen LogP contribution in [0, 0.1) is 0 Å². The summed E-state index contributed by atoms with van der Waals surface area (Å²) >= 11 is 6.05. The molecule has 2 rings (SSSR count). The predicted octanol–water partition coefficient (Wildman–Crippen LogP) is 1.90. The smallest absolute Gasteiger partial charge is 0.329 e. The van der Waals surface area contributed by atoms with E-state index >= 15 is 0 Å². The molecular weight excluding hydrogens is 308 g/mol. The number of aliphatic carboxylic acids is 1. The van der Waals surface area contributed by atoms with Gasteiger partial charge in [0, 0.05) is 0 Å². The summed E-state index contributed by atoms with van der Waals surface area (Å²) in [5, 5.41) is 19.7. The van der Waals surface area contributed by atoms with E-state index in [9.17, 15) is 14.7 Å². The molecule has 1 heterocycles. The van der Waals surface area contributed by atoms with Crippen molar-refractivity contribution < 1.29 is 14.7 Å². The first-order chi connectivity index (χ1) is 10.4. The largest absolute Gasteiger partial charge is 0.480 e. The first kappa shape index (κ1) is 16.0. The fourth-order valence-electron chi connectivity index (χ4n) is 1.73. The number of carboxylic acid groups (broad SMARTS) is 1. The van der Waals surface area contributed by atoms with Crippen LogP contribution in [-0.4, -0.2) is 37.5 Å². The summed E-state index contributed by atoms with van der Waals surface area (Å²) in [5.74, 6) is -1.72. The molecule has 0 saturated heterocycles. The lowest BCUT2D eigenvalue weighted by Crippen LogP contribution is -2.51. The molecule has 0 aliphatic rings. The molecule has 0 bridgehead atoms. The van der Waals surface area contributed by atoms with Crippen molar-refractivity contribution in [1.29, 1.82) is 0 Å². The number of amides is 1. The summed E-state index contributed by atoms with van der Waals surface area (Å²) in [7, 11) is 0. The highest BCUT2D eigenvalue weighted by Crippen LogP contribution is 2.19. The van der Waals surface area contributed by atoms with E-state index in [0.717, 1.165) is 0 Å². The fourth-order valence-corrected chi connectivity index (χ4v) is 1.95. The molecular formula is C14H15ClN4O3. The first-order valence-corrected chi connectivity index (χ1v) is 6.98. The molecule has 1 amide bonds. The number of rotatable bonds is 5. The monoisotopic (exact) mass is 322 g/mol. The molecule has 0 spiro atoms. The van der Waals surface area contributed by atoms with Crippen molar-refractivity contribution in [3.63, 3.8) is 0 Å². The number of benzene rings is 1. The Balaban J connectivity index is 2.23. The topological polar surface area (TPSA) is 97.1 Å². The second-order valence-corrected chi connectivity index (χ2v) is 5.35. The third kappa shape index (κ3) is 3.09. The van der Waals surface area contributed by atoms with Gasteiger partial charge in [-0.15, -0.1) is 5.10 Å². The van der Waals surface area contributed by atoms with Crippen LogP contribution in [0.2, 0.25) is 5.02 Å². The Morgan fingerprint density at radius 1 is 1.41 bits per heavy atom. The number of carbonyl (C=O) groups excluding carboxylic acids is 1. The second kappa shape index (κ2) is 6.15. The third-order valence-electron chi connectivity index (χ3n) is 3.39. The molecule has 1 unspecified atom stereocenters. The maximum atomic E-state index is 12.1. The maximum absolute atomic E-state index is 12.1. The summed E-state index contributed by atoms with van der Waals surface area (Å²) < 4.78 is 1.36. The molecule has 1 aromatic heterocycles. The van der Waals surface area contributed by atoms with Crippen molar-refractivity contribution >= 4 is 23.5 Å². The SMILES string of the molecule is CCC(C)(NC(=O)c1cn(-c2ccccc2Cl)nn1)C(=O)O. The number of nitrogens with zero attached hydrogens (tertiary/aromatic N) is 3. The summed E-state index contributed by atoms with van der Waals surface area (Å²) in [6.07, 6.45) is 1.64. The van der Waals surface area contributed by atoms with Crippen molar-refractivity contribution in [2.75, 3.05) is 0 Å². The van der Waals surface area contributed by atoms with E-state index in [1.54, 1.807) is 31.2 Å². The van der Waals surface area contributed by atoms with Crippen LogP contribution in [0.5, 0.6) is 0 Å². The van der Waals surface area contributed by atoms with Crippen molar-refractivity contribution in [3.8, 4) is 5.69 Å². The van der Waals surface area contributed by atoms with Crippen LogP contribution >= 0.6 is 11.6 Å².